The number of carbonyl (C=O) groups excluding carboxylic acids is 2. The fourth-order valence-corrected chi connectivity index (χ4v) is 0.612. The third-order valence-electron chi connectivity index (χ3n) is 2.01. The van der Waals surface area contributed by atoms with Gasteiger partial charge >= 0.3 is 80.8 Å². The van der Waals surface area contributed by atoms with Crippen LogP contribution in [0.25, 0.3) is 0 Å². The fourth-order valence-electron chi connectivity index (χ4n) is 0.612. The van der Waals surface area contributed by atoms with Crippen LogP contribution < -0.4 is 10.2 Å². The van der Waals surface area contributed by atoms with Gasteiger partial charge in [-0.1, -0.05) is 0 Å². The first-order chi connectivity index (χ1) is 10.9. The predicted octanol–water partition coefficient (Wildman–Crippen LogP) is 1.13. The van der Waals surface area contributed by atoms with Crippen molar-refractivity contribution in [1.82, 2.24) is 0 Å². The Morgan fingerprint density at radius 1 is 0.464 bits per heavy atom. The van der Waals surface area contributed by atoms with Crippen molar-refractivity contribution >= 4 is 11.9 Å². The first-order valence-electron chi connectivity index (χ1n) is 4.96. The molecule has 0 aliphatic rings. The van der Waals surface area contributed by atoms with Crippen LogP contribution in [-0.2, 0) is 54.3 Å². The first-order valence-corrected chi connectivity index (χ1v) is 4.96. The minimum Gasteiger partial charge on any atom is -0.544 e. The summed E-state index contributed by atoms with van der Waals surface area (Å²) >= 11 is 0. The molecule has 0 aliphatic carbocycles. The summed E-state index contributed by atoms with van der Waals surface area (Å²) in [5, 5.41) is 18.5. The number of alkyl halides is 14. The van der Waals surface area contributed by atoms with Crippen molar-refractivity contribution in [2.24, 2.45) is 0 Å². The van der Waals surface area contributed by atoms with E-state index < -0.39 is 48.0 Å². The van der Waals surface area contributed by atoms with Crippen LogP contribution in [0.1, 0.15) is 0 Å². The molecule has 0 bridgehead atoms. The number of aliphatic carboxylic acids is 2. The molecule has 0 saturated heterocycles. The van der Waals surface area contributed by atoms with E-state index in [4.69, 9.17) is 0 Å². The zero-order chi connectivity index (χ0) is 22.2. The molecule has 0 atom stereocenters. The minimum atomic E-state index is -6.64. The zero-order valence-electron chi connectivity index (χ0n) is 11.5. The van der Waals surface area contributed by atoms with Crippen LogP contribution >= 0.6 is 0 Å². The standard InChI is InChI=1S/2C4HF7O2.2Ag/c2*5-2(6,1(12)13)3(7,8)4(9,10)11;;/h2*(H,12,13);;/q;;2*+1/p-2. The van der Waals surface area contributed by atoms with E-state index in [0.717, 1.165) is 0 Å². The van der Waals surface area contributed by atoms with Crippen LogP contribution in [0.5, 0.6) is 0 Å². The molecule has 0 aliphatic heterocycles. The van der Waals surface area contributed by atoms with E-state index in [-0.39, 0.29) is 44.8 Å². The van der Waals surface area contributed by atoms with E-state index in [0.29, 0.717) is 0 Å². The van der Waals surface area contributed by atoms with Gasteiger partial charge in [0.15, 0.2) is 0 Å². The second-order valence-corrected chi connectivity index (χ2v) is 3.87. The van der Waals surface area contributed by atoms with Crippen LogP contribution in [-0.4, -0.2) is 48.0 Å². The number of carbonyl (C=O) groups is 2. The van der Waals surface area contributed by atoms with E-state index in [1.54, 1.807) is 0 Å². The van der Waals surface area contributed by atoms with Gasteiger partial charge < -0.3 is 19.8 Å². The van der Waals surface area contributed by atoms with Gasteiger partial charge in [0.2, 0.25) is 0 Å². The fraction of sp³-hybridized carbons (Fsp3) is 0.750. The van der Waals surface area contributed by atoms with Crippen LogP contribution in [0.2, 0.25) is 0 Å². The number of rotatable bonds is 4. The summed E-state index contributed by atoms with van der Waals surface area (Å²) in [5.74, 6) is -33.4. The van der Waals surface area contributed by atoms with Gasteiger partial charge in [-0.15, -0.1) is 0 Å². The van der Waals surface area contributed by atoms with Crippen LogP contribution in [0.3, 0.4) is 0 Å². The summed E-state index contributed by atoms with van der Waals surface area (Å²) in [6.07, 6.45) is -13.3. The average molecular weight is 642 g/mol. The molecule has 176 valence electrons. The smallest absolute Gasteiger partial charge is 0.544 e. The topological polar surface area (TPSA) is 80.3 Å². The molecule has 20 heteroatoms. The minimum absolute atomic E-state index is 0. The molecular weight excluding hydrogens is 642 g/mol. The van der Waals surface area contributed by atoms with E-state index in [9.17, 15) is 81.3 Å². The van der Waals surface area contributed by atoms with Gasteiger partial charge in [-0.05, 0) is 0 Å². The summed E-state index contributed by atoms with van der Waals surface area (Å²) in [6, 6.07) is 0. The summed E-state index contributed by atoms with van der Waals surface area (Å²) in [7, 11) is 0. The molecule has 0 heterocycles. The molecule has 0 rings (SSSR count). The predicted molar refractivity (Wildman–Crippen MR) is 41.9 cm³/mol. The van der Waals surface area contributed by atoms with Gasteiger partial charge in [-0.3, -0.25) is 0 Å². The van der Waals surface area contributed by atoms with Gasteiger partial charge in [0.25, 0.3) is 0 Å². The number of hydrogen-bond acceptors (Lipinski definition) is 4. The monoisotopic (exact) mass is 640 g/mol. The summed E-state index contributed by atoms with van der Waals surface area (Å²) in [5.41, 5.74) is 0. The Morgan fingerprint density at radius 3 is 0.643 bits per heavy atom. The van der Waals surface area contributed by atoms with Gasteiger partial charge in [0, 0.05) is 0 Å². The van der Waals surface area contributed by atoms with Crippen molar-refractivity contribution in [3.63, 3.8) is 0 Å². The number of carboxylic acid groups (broad SMARTS) is 2. The quantitative estimate of drug-likeness (QED) is 0.341. The molecule has 0 saturated carbocycles. The average Bonchev–Trinajstić information content (AvgIpc) is 2.35. The molecule has 0 fully saturated rings. The van der Waals surface area contributed by atoms with E-state index in [1.807, 2.05) is 0 Å². The number of carboxylic acids is 2. The molecule has 0 radical (unpaired) electrons. The van der Waals surface area contributed by atoms with Crippen LogP contribution in [0.4, 0.5) is 61.5 Å². The van der Waals surface area contributed by atoms with Crippen LogP contribution in [0.15, 0.2) is 0 Å². The first kappa shape index (κ1) is 34.9. The van der Waals surface area contributed by atoms with Gasteiger partial charge in [-0.25, -0.2) is 0 Å². The molecule has 0 aromatic rings. The Labute approximate surface area is 174 Å². The maximum atomic E-state index is 11.7. The van der Waals surface area contributed by atoms with E-state index in [2.05, 4.69) is 0 Å². The summed E-state index contributed by atoms with van der Waals surface area (Å²) in [4.78, 5) is 18.5. The number of halogens is 14. The van der Waals surface area contributed by atoms with Crippen molar-refractivity contribution < 1.29 is 126 Å². The molecule has 28 heavy (non-hydrogen) atoms. The Kier molecular flexibility index (Phi) is 12.4. The number of hydrogen-bond donors (Lipinski definition) is 0. The Balaban J connectivity index is -0.000000192. The third-order valence-corrected chi connectivity index (χ3v) is 2.01. The molecule has 0 aromatic heterocycles. The van der Waals surface area contributed by atoms with Crippen molar-refractivity contribution in [3.8, 4) is 0 Å². The van der Waals surface area contributed by atoms with Crippen molar-refractivity contribution in [2.45, 2.75) is 36.0 Å². The second-order valence-electron chi connectivity index (χ2n) is 3.87. The van der Waals surface area contributed by atoms with Gasteiger partial charge in [0.05, 0.1) is 0 Å². The van der Waals surface area contributed by atoms with Crippen molar-refractivity contribution in [1.29, 1.82) is 0 Å². The maximum absolute atomic E-state index is 11.7. The maximum Gasteiger partial charge on any atom is 1.00 e. The van der Waals surface area contributed by atoms with Gasteiger partial charge in [0.1, 0.15) is 11.9 Å². The summed E-state index contributed by atoms with van der Waals surface area (Å²) in [6.45, 7) is 0. The Morgan fingerprint density at radius 2 is 0.607 bits per heavy atom. The van der Waals surface area contributed by atoms with E-state index >= 15 is 0 Å². The molecule has 0 N–H and O–H groups in total. The summed E-state index contributed by atoms with van der Waals surface area (Å²) < 4.78 is 160. The molecule has 0 spiro atoms. The van der Waals surface area contributed by atoms with Crippen molar-refractivity contribution in [2.75, 3.05) is 0 Å². The van der Waals surface area contributed by atoms with Gasteiger partial charge in [-0.2, -0.15) is 61.5 Å². The molecule has 4 nitrogen and oxygen atoms in total. The largest absolute Gasteiger partial charge is 1.00 e. The molecule has 0 aromatic carbocycles. The van der Waals surface area contributed by atoms with E-state index in [1.165, 1.54) is 0 Å². The Bertz CT molecular complexity index is 492. The molecular formula is C8Ag2F14O4. The van der Waals surface area contributed by atoms with Crippen LogP contribution in [0, 0.1) is 0 Å². The Hall–Kier alpha value is -0.559. The second kappa shape index (κ2) is 9.96. The normalized spacial score (nSPS) is 13.4. The SMILES string of the molecule is O=C([O-])C(F)(F)C(F)(F)C(F)(F)F.O=C([O-])C(F)(F)C(F)(F)C(F)(F)F.[Ag+].[Ag+]. The molecule has 0 unspecified atom stereocenters. The third kappa shape index (κ3) is 6.75. The zero-order valence-corrected chi connectivity index (χ0v) is 14.5. The van der Waals surface area contributed by atoms with Crippen molar-refractivity contribution in [3.05, 3.63) is 0 Å². The molecule has 0 amide bonds.